The molecule has 1 aromatic rings. The topological polar surface area (TPSA) is 29.5 Å². The Hall–Kier alpha value is -1.29. The summed E-state index contributed by atoms with van der Waals surface area (Å²) in [6.07, 6.45) is 3.60. The molecule has 1 aliphatic rings. The van der Waals surface area contributed by atoms with Crippen molar-refractivity contribution in [3.05, 3.63) is 21.2 Å². The van der Waals surface area contributed by atoms with Gasteiger partial charge in [0.2, 0.25) is 0 Å². The van der Waals surface area contributed by atoms with Crippen LogP contribution in [0.5, 0.6) is 0 Å². The number of carbonyl (C=O) groups excluding carboxylic acids is 1. The van der Waals surface area contributed by atoms with Crippen LogP contribution in [0.25, 0.3) is 12.3 Å². The summed E-state index contributed by atoms with van der Waals surface area (Å²) in [5.41, 5.74) is -0.444. The van der Waals surface area contributed by atoms with Crippen molar-refractivity contribution in [2.24, 2.45) is 0 Å². The molecule has 0 aromatic carbocycles. The summed E-state index contributed by atoms with van der Waals surface area (Å²) in [6, 6.07) is 2.06. The van der Waals surface area contributed by atoms with Crippen molar-refractivity contribution in [2.45, 2.75) is 26.4 Å². The second-order valence-electron chi connectivity index (χ2n) is 4.71. The Bertz CT molecular complexity index is 510. The van der Waals surface area contributed by atoms with Gasteiger partial charge < -0.3 is 4.74 Å². The number of amides is 1. The quantitative estimate of drug-likeness (QED) is 0.684. The van der Waals surface area contributed by atoms with Gasteiger partial charge in [0, 0.05) is 12.7 Å². The van der Waals surface area contributed by atoms with Crippen molar-refractivity contribution in [1.82, 2.24) is 4.90 Å². The highest BCUT2D eigenvalue weighted by Gasteiger charge is 2.21. The van der Waals surface area contributed by atoms with Gasteiger partial charge in [-0.05, 0) is 37.4 Å². The summed E-state index contributed by atoms with van der Waals surface area (Å²) < 4.78 is 6.42. The summed E-state index contributed by atoms with van der Waals surface area (Å²) in [7, 11) is 0. The lowest BCUT2D eigenvalue weighted by Gasteiger charge is -2.25. The first-order chi connectivity index (χ1) is 7.46. The minimum atomic E-state index is -0.444. The van der Waals surface area contributed by atoms with Gasteiger partial charge in [0.15, 0.2) is 0 Å². The maximum Gasteiger partial charge on any atom is 0.414 e. The fraction of sp³-hybridized carbons (Fsp3) is 0.417. The molecule has 4 heteroatoms. The van der Waals surface area contributed by atoms with E-state index < -0.39 is 5.60 Å². The van der Waals surface area contributed by atoms with Crippen LogP contribution in [-0.2, 0) is 4.74 Å². The smallest absolute Gasteiger partial charge is 0.414 e. The molecule has 1 aromatic heterocycles. The van der Waals surface area contributed by atoms with E-state index in [1.807, 2.05) is 38.4 Å². The van der Waals surface area contributed by atoms with Crippen molar-refractivity contribution < 1.29 is 9.53 Å². The molecular weight excluding hydrogens is 222 g/mol. The van der Waals surface area contributed by atoms with E-state index in [1.54, 1.807) is 16.2 Å². The summed E-state index contributed by atoms with van der Waals surface area (Å²) in [4.78, 5) is 13.4. The number of fused-ring (bicyclic) bond motifs is 1. The lowest BCUT2D eigenvalue weighted by Crippen LogP contribution is -2.39. The first kappa shape index (κ1) is 11.2. The second-order valence-corrected chi connectivity index (χ2v) is 5.65. The molecule has 0 spiro atoms. The van der Waals surface area contributed by atoms with Gasteiger partial charge in [0.25, 0.3) is 0 Å². The van der Waals surface area contributed by atoms with E-state index in [9.17, 15) is 4.79 Å². The molecule has 1 aliphatic heterocycles. The van der Waals surface area contributed by atoms with Gasteiger partial charge in [-0.15, -0.1) is 11.3 Å². The van der Waals surface area contributed by atoms with E-state index in [2.05, 4.69) is 6.07 Å². The van der Waals surface area contributed by atoms with E-state index in [-0.39, 0.29) is 6.09 Å². The van der Waals surface area contributed by atoms with E-state index in [0.29, 0.717) is 6.54 Å². The summed E-state index contributed by atoms with van der Waals surface area (Å²) in [5, 5.41) is 3.22. The van der Waals surface area contributed by atoms with Gasteiger partial charge in [0.1, 0.15) is 5.60 Å². The van der Waals surface area contributed by atoms with Crippen LogP contribution in [-0.4, -0.2) is 23.1 Å². The number of nitrogens with zero attached hydrogens (tertiary/aromatic N) is 1. The zero-order chi connectivity index (χ0) is 11.8. The molecule has 0 unspecified atom stereocenters. The van der Waals surface area contributed by atoms with Gasteiger partial charge in [-0.25, -0.2) is 4.79 Å². The number of thiophene rings is 1. The minimum Gasteiger partial charge on any atom is -0.443 e. The molecule has 86 valence electrons. The van der Waals surface area contributed by atoms with Crippen molar-refractivity contribution in [1.29, 1.82) is 0 Å². The number of hydrogen-bond donors (Lipinski definition) is 0. The van der Waals surface area contributed by atoms with Crippen LogP contribution >= 0.6 is 11.3 Å². The van der Waals surface area contributed by atoms with E-state index in [4.69, 9.17) is 4.74 Å². The van der Waals surface area contributed by atoms with Crippen LogP contribution < -0.4 is 9.75 Å². The monoisotopic (exact) mass is 237 g/mol. The molecule has 0 aliphatic carbocycles. The fourth-order valence-electron chi connectivity index (χ4n) is 1.44. The van der Waals surface area contributed by atoms with Crippen molar-refractivity contribution in [3.8, 4) is 0 Å². The molecule has 2 heterocycles. The Morgan fingerprint density at radius 1 is 1.50 bits per heavy atom. The molecule has 1 amide bonds. The molecule has 0 fully saturated rings. The van der Waals surface area contributed by atoms with Crippen LogP contribution in [0.2, 0.25) is 0 Å². The third kappa shape index (κ3) is 2.44. The Balaban J connectivity index is 2.18. The Kier molecular flexibility index (Phi) is 2.76. The predicted molar refractivity (Wildman–Crippen MR) is 65.4 cm³/mol. The molecule has 0 saturated carbocycles. The standard InChI is InChI=1S/C12H15NO2S/c1-12(2,3)15-11(14)13-6-4-9-5-7-16-10(9)8-13/h4-5,7-8H,6H2,1-3H3. The van der Waals surface area contributed by atoms with Crippen LogP contribution in [0.15, 0.2) is 11.4 Å². The highest BCUT2D eigenvalue weighted by Crippen LogP contribution is 2.10. The van der Waals surface area contributed by atoms with Gasteiger partial charge in [0.05, 0.1) is 4.53 Å². The molecule has 0 saturated heterocycles. The second kappa shape index (κ2) is 3.94. The highest BCUT2D eigenvalue weighted by molar-refractivity contribution is 7.07. The van der Waals surface area contributed by atoms with Crippen molar-refractivity contribution in [2.75, 3.05) is 6.54 Å². The minimum absolute atomic E-state index is 0.289. The largest absolute Gasteiger partial charge is 0.443 e. The van der Waals surface area contributed by atoms with Crippen LogP contribution in [0, 0.1) is 0 Å². The Labute approximate surface area is 98.6 Å². The summed E-state index contributed by atoms with van der Waals surface area (Å²) in [5.74, 6) is 0. The zero-order valence-corrected chi connectivity index (χ0v) is 10.5. The highest BCUT2D eigenvalue weighted by atomic mass is 32.1. The molecule has 0 bridgehead atoms. The maximum atomic E-state index is 11.8. The number of rotatable bonds is 0. The summed E-state index contributed by atoms with van der Waals surface area (Å²) in [6.45, 7) is 6.19. The molecule has 0 atom stereocenters. The van der Waals surface area contributed by atoms with E-state index in [0.717, 1.165) is 4.53 Å². The number of ether oxygens (including phenoxy) is 1. The zero-order valence-electron chi connectivity index (χ0n) is 9.69. The molecule has 3 nitrogen and oxygen atoms in total. The van der Waals surface area contributed by atoms with Crippen LogP contribution in [0.4, 0.5) is 4.79 Å². The fourth-order valence-corrected chi connectivity index (χ4v) is 2.28. The summed E-state index contributed by atoms with van der Waals surface area (Å²) >= 11 is 1.63. The number of hydrogen-bond acceptors (Lipinski definition) is 3. The molecule has 2 rings (SSSR count). The molecule has 0 N–H and O–H groups in total. The predicted octanol–water partition coefficient (Wildman–Crippen LogP) is 1.52. The van der Waals surface area contributed by atoms with Crippen LogP contribution in [0.1, 0.15) is 20.8 Å². The van der Waals surface area contributed by atoms with E-state index >= 15 is 0 Å². The Morgan fingerprint density at radius 3 is 2.94 bits per heavy atom. The third-order valence-corrected chi connectivity index (χ3v) is 3.00. The normalized spacial score (nSPS) is 14.8. The van der Waals surface area contributed by atoms with Crippen LogP contribution in [0.3, 0.4) is 0 Å². The SMILES string of the molecule is CC(C)(C)OC(=O)N1C=c2sccc2=CC1. The van der Waals surface area contributed by atoms with Crippen molar-refractivity contribution in [3.63, 3.8) is 0 Å². The lowest BCUT2D eigenvalue weighted by molar-refractivity contribution is 0.0380. The van der Waals surface area contributed by atoms with E-state index in [1.165, 1.54) is 5.22 Å². The molecule has 0 radical (unpaired) electrons. The van der Waals surface area contributed by atoms with Gasteiger partial charge in [-0.2, -0.15) is 0 Å². The lowest BCUT2D eigenvalue weighted by atomic mass is 10.2. The van der Waals surface area contributed by atoms with Gasteiger partial charge >= 0.3 is 6.09 Å². The number of carbonyl (C=O) groups is 1. The molecule has 16 heavy (non-hydrogen) atoms. The average Bonchev–Trinajstić information content (AvgIpc) is 2.61. The molecular formula is C12H15NO2S. The van der Waals surface area contributed by atoms with Gasteiger partial charge in [-0.3, -0.25) is 4.90 Å². The first-order valence-electron chi connectivity index (χ1n) is 5.21. The van der Waals surface area contributed by atoms with Crippen molar-refractivity contribution >= 4 is 29.7 Å². The first-order valence-corrected chi connectivity index (χ1v) is 6.09. The Morgan fingerprint density at radius 2 is 2.25 bits per heavy atom. The van der Waals surface area contributed by atoms with Gasteiger partial charge in [-0.1, -0.05) is 6.08 Å². The maximum absolute atomic E-state index is 11.8. The third-order valence-electron chi connectivity index (χ3n) is 2.14. The average molecular weight is 237 g/mol.